The molecule has 0 spiro atoms. The van der Waals surface area contributed by atoms with Crippen molar-refractivity contribution in [2.24, 2.45) is 0 Å². The van der Waals surface area contributed by atoms with Gasteiger partial charge in [0.25, 0.3) is 0 Å². The minimum absolute atomic E-state index is 0.903. The Balaban J connectivity index is 0.00000129. The summed E-state index contributed by atoms with van der Waals surface area (Å²) in [5, 5.41) is 1.02. The monoisotopic (exact) mass is 475 g/mol. The zero-order valence-electron chi connectivity index (χ0n) is 20.2. The van der Waals surface area contributed by atoms with Crippen LogP contribution in [0.3, 0.4) is 0 Å². The van der Waals surface area contributed by atoms with Gasteiger partial charge in [-0.2, -0.15) is 0 Å². The highest BCUT2D eigenvalue weighted by Gasteiger charge is 2.05. The van der Waals surface area contributed by atoms with Crippen molar-refractivity contribution < 1.29 is 0 Å². The zero-order valence-corrected chi connectivity index (χ0v) is 21.9. The van der Waals surface area contributed by atoms with Gasteiger partial charge in [-0.1, -0.05) is 60.7 Å². The molecule has 0 radical (unpaired) electrons. The van der Waals surface area contributed by atoms with Crippen LogP contribution in [-0.2, 0) is 19.4 Å². The molecule has 0 aliphatic rings. The van der Waals surface area contributed by atoms with Gasteiger partial charge in [-0.05, 0) is 80.1 Å². The molecule has 0 unspecified atom stereocenters. The average Bonchev–Trinajstić information content (AvgIpc) is 3.09. The summed E-state index contributed by atoms with van der Waals surface area (Å²) < 4.78 is 4.24. The van der Waals surface area contributed by atoms with E-state index < -0.39 is 0 Å². The molecule has 0 aliphatic heterocycles. The Bertz CT molecular complexity index is 1190. The molecule has 3 rings (SSSR count). The Hall–Kier alpha value is -2.75. The van der Waals surface area contributed by atoms with Crippen LogP contribution in [-0.4, -0.2) is 4.57 Å². The lowest BCUT2D eigenvalue weighted by Gasteiger charge is -2.08. The first-order valence-electron chi connectivity index (χ1n) is 11.1. The summed E-state index contributed by atoms with van der Waals surface area (Å²) in [6, 6.07) is 17.3. The van der Waals surface area contributed by atoms with Gasteiger partial charge in [0.05, 0.1) is 9.88 Å². The second kappa shape index (κ2) is 15.2. The van der Waals surface area contributed by atoms with Crippen LogP contribution in [0.2, 0.25) is 0 Å². The highest BCUT2D eigenvalue weighted by Crippen LogP contribution is 2.15. The van der Waals surface area contributed by atoms with Crippen molar-refractivity contribution in [3.05, 3.63) is 123 Å². The first-order valence-corrected chi connectivity index (χ1v) is 12.4. The number of aromatic nitrogens is 1. The molecule has 2 aromatic carbocycles. The molecule has 0 amide bonds. The van der Waals surface area contributed by atoms with E-state index in [-0.39, 0.29) is 0 Å². The van der Waals surface area contributed by atoms with Gasteiger partial charge >= 0.3 is 0 Å². The van der Waals surface area contributed by atoms with Crippen molar-refractivity contribution in [3.63, 3.8) is 0 Å². The summed E-state index contributed by atoms with van der Waals surface area (Å²) >= 11 is 7.27. The van der Waals surface area contributed by atoms with E-state index in [9.17, 15) is 0 Å². The van der Waals surface area contributed by atoms with Crippen LogP contribution in [0.1, 0.15) is 42.0 Å². The molecule has 33 heavy (non-hydrogen) atoms. The molecule has 1 heterocycles. The Morgan fingerprint density at radius 3 is 2.18 bits per heavy atom. The maximum Gasteiger partial charge on any atom is 0.162 e. The van der Waals surface area contributed by atoms with Crippen molar-refractivity contribution in [2.45, 2.75) is 46.1 Å². The molecule has 3 aromatic rings. The van der Waals surface area contributed by atoms with Crippen LogP contribution in [0.4, 0.5) is 0 Å². The van der Waals surface area contributed by atoms with Gasteiger partial charge in [0.2, 0.25) is 0 Å². The van der Waals surface area contributed by atoms with E-state index in [1.165, 1.54) is 27.8 Å². The minimum atomic E-state index is 0.903. The lowest BCUT2D eigenvalue weighted by Crippen LogP contribution is -2.27. The lowest BCUT2D eigenvalue weighted by atomic mass is 9.97. The molecule has 3 heteroatoms. The molecular formula is C30H37NS2. The van der Waals surface area contributed by atoms with E-state index in [1.807, 2.05) is 0 Å². The fourth-order valence-corrected chi connectivity index (χ4v) is 4.92. The predicted molar refractivity (Wildman–Crippen MR) is 153 cm³/mol. The summed E-state index contributed by atoms with van der Waals surface area (Å²) in [6.45, 7) is 25.5. The summed E-state index contributed by atoms with van der Waals surface area (Å²) in [6.07, 6.45) is 6.40. The number of hydrogen-bond acceptors (Lipinski definition) is 2. The molecule has 0 N–H and O–H groups in total. The number of nitrogens with zero attached hydrogens (tertiary/aromatic N) is 1. The molecule has 0 saturated carbocycles. The van der Waals surface area contributed by atoms with Crippen molar-refractivity contribution in [1.82, 2.24) is 4.57 Å². The first-order chi connectivity index (χ1) is 16.0. The molecule has 1 nitrogen and oxygen atoms in total. The molecule has 0 bridgehead atoms. The van der Waals surface area contributed by atoms with Crippen LogP contribution in [0.5, 0.6) is 0 Å². The van der Waals surface area contributed by atoms with Gasteiger partial charge < -0.3 is 4.57 Å². The van der Waals surface area contributed by atoms with Crippen molar-refractivity contribution in [3.8, 4) is 0 Å². The highest BCUT2D eigenvalue weighted by molar-refractivity contribution is 7.73. The zero-order chi connectivity index (χ0) is 24.8. The molecule has 0 saturated heterocycles. The van der Waals surface area contributed by atoms with Crippen LogP contribution < -0.4 is 9.88 Å². The smallest absolute Gasteiger partial charge is 0.162 e. The SMILES string of the molecule is C=C.C=C.C=C(C)CCCn1c(=S)s/c(=C\c2ccccc2CCc2ccccc2C)c1=C. The standard InChI is InChI=1S/C26H29NS2.2C2H4/c1-19(2)10-9-17-27-21(4)25(29-26(27)28)18-24-14-8-7-13-23(24)16-15-22-12-6-5-11-20(22)3;2*1-2/h5-8,11-14,18H,1,4,9-10,15-17H2,2-3H3;2*1-2H2/b25-18-;;. The van der Waals surface area contributed by atoms with Gasteiger partial charge in [-0.3, -0.25) is 0 Å². The summed E-state index contributed by atoms with van der Waals surface area (Å²) in [5.74, 6) is 0. The Labute approximate surface area is 209 Å². The fourth-order valence-electron chi connectivity index (χ4n) is 3.53. The maximum atomic E-state index is 5.62. The number of aryl methyl sites for hydroxylation is 3. The number of benzene rings is 2. The summed E-state index contributed by atoms with van der Waals surface area (Å²) in [4.78, 5) is 0. The third-order valence-corrected chi connectivity index (χ3v) is 6.72. The van der Waals surface area contributed by atoms with Gasteiger partial charge in [0.15, 0.2) is 3.95 Å². The topological polar surface area (TPSA) is 4.93 Å². The number of allylic oxidation sites excluding steroid dienone is 1. The molecule has 0 fully saturated rings. The van der Waals surface area contributed by atoms with E-state index in [4.69, 9.17) is 12.2 Å². The van der Waals surface area contributed by atoms with E-state index in [0.717, 1.165) is 46.1 Å². The second-order valence-corrected chi connectivity index (χ2v) is 9.34. The normalized spacial score (nSPS) is 10.5. The number of thiazole rings is 1. The van der Waals surface area contributed by atoms with Gasteiger partial charge in [-0.25, -0.2) is 0 Å². The average molecular weight is 476 g/mol. The summed E-state index contributed by atoms with van der Waals surface area (Å²) in [5.41, 5.74) is 6.62. The Morgan fingerprint density at radius 2 is 1.55 bits per heavy atom. The van der Waals surface area contributed by atoms with Crippen molar-refractivity contribution in [2.75, 3.05) is 0 Å². The van der Waals surface area contributed by atoms with Gasteiger partial charge in [-0.15, -0.1) is 44.2 Å². The van der Waals surface area contributed by atoms with Gasteiger partial charge in [0, 0.05) is 6.54 Å². The maximum absolute atomic E-state index is 5.62. The Kier molecular flexibility index (Phi) is 13.0. The van der Waals surface area contributed by atoms with E-state index in [1.54, 1.807) is 11.3 Å². The second-order valence-electron chi connectivity index (χ2n) is 7.66. The molecule has 174 valence electrons. The van der Waals surface area contributed by atoms with Crippen LogP contribution >= 0.6 is 23.6 Å². The van der Waals surface area contributed by atoms with Crippen LogP contribution in [0, 0.1) is 10.9 Å². The predicted octanol–water partition coefficient (Wildman–Crippen LogP) is 7.57. The third kappa shape index (κ3) is 8.60. The van der Waals surface area contributed by atoms with Crippen LogP contribution in [0.25, 0.3) is 12.7 Å². The summed E-state index contributed by atoms with van der Waals surface area (Å²) in [7, 11) is 0. The Morgan fingerprint density at radius 1 is 0.970 bits per heavy atom. The molecule has 1 aromatic heterocycles. The largest absolute Gasteiger partial charge is 0.323 e. The van der Waals surface area contributed by atoms with Crippen molar-refractivity contribution in [1.29, 1.82) is 0 Å². The van der Waals surface area contributed by atoms with E-state index >= 15 is 0 Å². The van der Waals surface area contributed by atoms with Gasteiger partial charge in [0.1, 0.15) is 0 Å². The third-order valence-electron chi connectivity index (χ3n) is 5.28. The quantitative estimate of drug-likeness (QED) is 0.240. The minimum Gasteiger partial charge on any atom is -0.323 e. The highest BCUT2D eigenvalue weighted by atomic mass is 32.1. The first kappa shape index (κ1) is 28.3. The number of rotatable bonds is 8. The van der Waals surface area contributed by atoms with E-state index in [2.05, 4.69) is 112 Å². The van der Waals surface area contributed by atoms with Crippen LogP contribution in [0.15, 0.2) is 87.0 Å². The molecule has 0 atom stereocenters. The molecular weight excluding hydrogens is 438 g/mol. The molecule has 0 aliphatic carbocycles. The fraction of sp³-hybridized carbons (Fsp3) is 0.233. The van der Waals surface area contributed by atoms with E-state index in [0.29, 0.717) is 0 Å². The van der Waals surface area contributed by atoms with Crippen molar-refractivity contribution >= 4 is 36.2 Å². The lowest BCUT2D eigenvalue weighted by molar-refractivity contribution is 0.627. The number of hydrogen-bond donors (Lipinski definition) is 0.